The topological polar surface area (TPSA) is 26.0 Å². The van der Waals surface area contributed by atoms with Gasteiger partial charge in [0, 0.05) is 20.8 Å². The van der Waals surface area contributed by atoms with E-state index < -0.39 is 0 Å². The smallest absolute Gasteiger partial charge is 0.0412 e. The van der Waals surface area contributed by atoms with E-state index in [1.807, 2.05) is 18.2 Å². The first-order valence-electron chi connectivity index (χ1n) is 5.32. The van der Waals surface area contributed by atoms with Crippen molar-refractivity contribution in [1.29, 1.82) is 0 Å². The number of rotatable bonds is 3. The van der Waals surface area contributed by atoms with Crippen LogP contribution in [0.15, 0.2) is 36.4 Å². The lowest BCUT2D eigenvalue weighted by molar-refractivity contribution is 0.712. The molecule has 0 spiro atoms. The van der Waals surface area contributed by atoms with Gasteiger partial charge in [-0.25, -0.2) is 0 Å². The highest BCUT2D eigenvalue weighted by atomic mass is 35.5. The average molecular weight is 252 g/mol. The lowest BCUT2D eigenvalue weighted by Crippen LogP contribution is -2.05. The van der Waals surface area contributed by atoms with Crippen LogP contribution in [-0.4, -0.2) is 0 Å². The van der Waals surface area contributed by atoms with Gasteiger partial charge in [-0.1, -0.05) is 30.7 Å². The minimum absolute atomic E-state index is 0.151. The summed E-state index contributed by atoms with van der Waals surface area (Å²) in [6.45, 7) is 2.10. The molecular formula is C13H14ClNS. The molecule has 2 aromatic rings. The normalized spacial score (nSPS) is 12.7. The van der Waals surface area contributed by atoms with Crippen molar-refractivity contribution in [3.05, 3.63) is 46.3 Å². The molecule has 0 amide bonds. The first-order valence-corrected chi connectivity index (χ1v) is 6.51. The Morgan fingerprint density at radius 3 is 2.81 bits per heavy atom. The van der Waals surface area contributed by atoms with E-state index in [1.165, 1.54) is 9.75 Å². The molecule has 2 N–H and O–H groups in total. The Labute approximate surface area is 105 Å². The summed E-state index contributed by atoms with van der Waals surface area (Å²) >= 11 is 7.72. The van der Waals surface area contributed by atoms with Gasteiger partial charge in [-0.2, -0.15) is 0 Å². The Hall–Kier alpha value is -0.830. The molecule has 3 heteroatoms. The summed E-state index contributed by atoms with van der Waals surface area (Å²) in [5, 5.41) is 0.771. The van der Waals surface area contributed by atoms with E-state index in [9.17, 15) is 0 Å². The van der Waals surface area contributed by atoms with Crippen molar-refractivity contribution in [2.24, 2.45) is 5.73 Å². The molecule has 84 valence electrons. The average Bonchev–Trinajstić information content (AvgIpc) is 2.77. The molecular weight excluding hydrogens is 238 g/mol. The molecule has 0 aliphatic rings. The second-order valence-electron chi connectivity index (χ2n) is 3.73. The van der Waals surface area contributed by atoms with Gasteiger partial charge in [0.2, 0.25) is 0 Å². The molecule has 16 heavy (non-hydrogen) atoms. The number of hydrogen-bond acceptors (Lipinski definition) is 2. The van der Waals surface area contributed by atoms with E-state index in [-0.39, 0.29) is 6.04 Å². The number of halogens is 1. The summed E-state index contributed by atoms with van der Waals surface area (Å²) in [6.07, 6.45) is 0.968. The Morgan fingerprint density at radius 2 is 2.12 bits per heavy atom. The monoisotopic (exact) mass is 251 g/mol. The minimum atomic E-state index is 0.151. The highest BCUT2D eigenvalue weighted by Crippen LogP contribution is 2.32. The Balaban J connectivity index is 2.31. The van der Waals surface area contributed by atoms with E-state index in [1.54, 1.807) is 11.3 Å². The highest BCUT2D eigenvalue weighted by Gasteiger charge is 2.08. The largest absolute Gasteiger partial charge is 0.323 e. The van der Waals surface area contributed by atoms with Crippen LogP contribution in [0.1, 0.15) is 24.3 Å². The molecule has 0 fully saturated rings. The van der Waals surface area contributed by atoms with Crippen LogP contribution < -0.4 is 5.73 Å². The zero-order valence-electron chi connectivity index (χ0n) is 9.11. The van der Waals surface area contributed by atoms with Crippen LogP contribution in [0.2, 0.25) is 5.02 Å². The number of nitrogens with two attached hydrogens (primary N) is 1. The molecule has 0 saturated heterocycles. The fourth-order valence-corrected chi connectivity index (χ4v) is 2.83. The van der Waals surface area contributed by atoms with Gasteiger partial charge in [0.1, 0.15) is 0 Å². The lowest BCUT2D eigenvalue weighted by Gasteiger charge is -2.04. The van der Waals surface area contributed by atoms with Crippen LogP contribution in [0.5, 0.6) is 0 Å². The van der Waals surface area contributed by atoms with Crippen molar-refractivity contribution in [3.63, 3.8) is 0 Å². The molecule has 1 unspecified atom stereocenters. The van der Waals surface area contributed by atoms with Crippen molar-refractivity contribution in [1.82, 2.24) is 0 Å². The van der Waals surface area contributed by atoms with Crippen LogP contribution >= 0.6 is 22.9 Å². The van der Waals surface area contributed by atoms with Gasteiger partial charge in [0.05, 0.1) is 0 Å². The highest BCUT2D eigenvalue weighted by molar-refractivity contribution is 7.15. The summed E-state index contributed by atoms with van der Waals surface area (Å²) in [5.41, 5.74) is 7.16. The molecule has 0 radical (unpaired) electrons. The molecule has 1 nitrogen and oxygen atoms in total. The maximum absolute atomic E-state index is 6.00. The van der Waals surface area contributed by atoms with Crippen molar-refractivity contribution in [3.8, 4) is 10.4 Å². The lowest BCUT2D eigenvalue weighted by atomic mass is 10.2. The Bertz CT molecular complexity index is 478. The first-order chi connectivity index (χ1) is 7.70. The summed E-state index contributed by atoms with van der Waals surface area (Å²) in [6, 6.07) is 12.3. The Kier molecular flexibility index (Phi) is 3.64. The van der Waals surface area contributed by atoms with Crippen LogP contribution in [0.25, 0.3) is 10.4 Å². The van der Waals surface area contributed by atoms with Crippen molar-refractivity contribution in [2.75, 3.05) is 0 Å². The van der Waals surface area contributed by atoms with Crippen molar-refractivity contribution < 1.29 is 0 Å². The molecule has 1 heterocycles. The van der Waals surface area contributed by atoms with Crippen molar-refractivity contribution in [2.45, 2.75) is 19.4 Å². The Morgan fingerprint density at radius 1 is 1.31 bits per heavy atom. The molecule has 2 rings (SSSR count). The first kappa shape index (κ1) is 11.6. The maximum atomic E-state index is 6.00. The summed E-state index contributed by atoms with van der Waals surface area (Å²) in [4.78, 5) is 2.46. The van der Waals surface area contributed by atoms with Crippen LogP contribution in [0.3, 0.4) is 0 Å². The molecule has 0 aliphatic carbocycles. The van der Waals surface area contributed by atoms with Gasteiger partial charge in [0.25, 0.3) is 0 Å². The summed E-state index contributed by atoms with van der Waals surface area (Å²) in [5.74, 6) is 0. The fraction of sp³-hybridized carbons (Fsp3) is 0.231. The standard InChI is InChI=1S/C13H14ClNS/c1-2-11(15)13-7-6-12(16-13)9-4-3-5-10(14)8-9/h3-8,11H,2,15H2,1H3. The van der Waals surface area contributed by atoms with Gasteiger partial charge in [-0.05, 0) is 36.2 Å². The van der Waals surface area contributed by atoms with E-state index in [0.717, 1.165) is 17.0 Å². The second-order valence-corrected chi connectivity index (χ2v) is 5.28. The van der Waals surface area contributed by atoms with Gasteiger partial charge >= 0.3 is 0 Å². The number of hydrogen-bond donors (Lipinski definition) is 1. The number of thiophene rings is 1. The fourth-order valence-electron chi connectivity index (χ4n) is 1.55. The molecule has 0 bridgehead atoms. The third-order valence-corrected chi connectivity index (χ3v) is 4.04. The SMILES string of the molecule is CCC(N)c1ccc(-c2cccc(Cl)c2)s1. The van der Waals surface area contributed by atoms with Gasteiger partial charge in [-0.3, -0.25) is 0 Å². The molecule has 0 aliphatic heterocycles. The van der Waals surface area contributed by atoms with Gasteiger partial charge < -0.3 is 5.73 Å². The summed E-state index contributed by atoms with van der Waals surface area (Å²) < 4.78 is 0. The van der Waals surface area contributed by atoms with Crippen LogP contribution in [-0.2, 0) is 0 Å². The molecule has 0 saturated carbocycles. The maximum Gasteiger partial charge on any atom is 0.0412 e. The predicted molar refractivity (Wildman–Crippen MR) is 72.0 cm³/mol. The quantitative estimate of drug-likeness (QED) is 0.855. The molecule has 1 aromatic carbocycles. The third kappa shape index (κ3) is 2.46. The number of benzene rings is 1. The van der Waals surface area contributed by atoms with E-state index in [2.05, 4.69) is 25.1 Å². The van der Waals surface area contributed by atoms with Crippen molar-refractivity contribution >= 4 is 22.9 Å². The van der Waals surface area contributed by atoms with Gasteiger partial charge in [0.15, 0.2) is 0 Å². The second kappa shape index (κ2) is 5.00. The predicted octanol–water partition coefficient (Wildman–Crippen LogP) is 4.48. The zero-order chi connectivity index (χ0) is 11.5. The minimum Gasteiger partial charge on any atom is -0.323 e. The van der Waals surface area contributed by atoms with E-state index in [4.69, 9.17) is 17.3 Å². The van der Waals surface area contributed by atoms with Crippen LogP contribution in [0.4, 0.5) is 0 Å². The molecule has 1 atom stereocenters. The zero-order valence-corrected chi connectivity index (χ0v) is 10.7. The van der Waals surface area contributed by atoms with E-state index in [0.29, 0.717) is 0 Å². The van der Waals surface area contributed by atoms with E-state index >= 15 is 0 Å². The summed E-state index contributed by atoms with van der Waals surface area (Å²) in [7, 11) is 0. The van der Waals surface area contributed by atoms with Crippen LogP contribution in [0, 0.1) is 0 Å². The van der Waals surface area contributed by atoms with Gasteiger partial charge in [-0.15, -0.1) is 11.3 Å². The third-order valence-electron chi connectivity index (χ3n) is 2.54. The molecule has 1 aromatic heterocycles.